The summed E-state index contributed by atoms with van der Waals surface area (Å²) in [6.07, 6.45) is 2.02. The van der Waals surface area contributed by atoms with Gasteiger partial charge in [-0.3, -0.25) is 19.6 Å². The van der Waals surface area contributed by atoms with Crippen LogP contribution in [0.3, 0.4) is 0 Å². The number of fused-ring (bicyclic) bond motifs is 1. The number of hydrogen-bond acceptors (Lipinski definition) is 6. The monoisotopic (exact) mass is 498 g/mol. The molecule has 3 heterocycles. The molecular weight excluding hydrogens is 472 g/mol. The topological polar surface area (TPSA) is 123 Å². The highest BCUT2D eigenvalue weighted by Gasteiger charge is 2.34. The minimum Gasteiger partial charge on any atom is -0.505 e. The van der Waals surface area contributed by atoms with Crippen molar-refractivity contribution in [3.05, 3.63) is 106 Å². The van der Waals surface area contributed by atoms with E-state index in [1.165, 1.54) is 6.20 Å². The van der Waals surface area contributed by atoms with Gasteiger partial charge in [-0.15, -0.1) is 0 Å². The van der Waals surface area contributed by atoms with Crippen LogP contribution < -0.4 is 5.43 Å². The number of hydrazine groups is 1. The van der Waals surface area contributed by atoms with Crippen molar-refractivity contribution in [2.75, 3.05) is 6.54 Å². The maximum atomic E-state index is 13.4. The zero-order chi connectivity index (χ0) is 25.9. The molecule has 0 radical (unpaired) electrons. The number of carbonyl (C=O) groups excluding carboxylic acids is 2. The minimum absolute atomic E-state index is 0.0272. The number of aliphatic hydroxyl groups excluding tert-OH is 1. The summed E-state index contributed by atoms with van der Waals surface area (Å²) in [6.45, 7) is 1.08. The van der Waals surface area contributed by atoms with Crippen LogP contribution in [-0.4, -0.2) is 49.4 Å². The van der Waals surface area contributed by atoms with Gasteiger partial charge in [-0.25, -0.2) is 10.2 Å². The van der Waals surface area contributed by atoms with Gasteiger partial charge in [-0.05, 0) is 47.7 Å². The van der Waals surface area contributed by atoms with E-state index >= 15 is 0 Å². The second kappa shape index (κ2) is 10.1. The van der Waals surface area contributed by atoms with Gasteiger partial charge < -0.3 is 15.1 Å². The summed E-state index contributed by atoms with van der Waals surface area (Å²) in [6, 6.07) is 18.7. The Kier molecular flexibility index (Phi) is 6.59. The molecule has 0 atom stereocenters. The Morgan fingerprint density at radius 3 is 2.49 bits per heavy atom. The highest BCUT2D eigenvalue weighted by molar-refractivity contribution is 6.12. The van der Waals surface area contributed by atoms with E-state index in [-0.39, 0.29) is 29.6 Å². The van der Waals surface area contributed by atoms with Gasteiger partial charge in [-0.2, -0.15) is 0 Å². The third kappa shape index (κ3) is 5.16. The van der Waals surface area contributed by atoms with Gasteiger partial charge in [0.1, 0.15) is 11.4 Å². The number of hydrogen-bond donors (Lipinski definition) is 3. The normalized spacial score (nSPS) is 16.5. The third-order valence-corrected chi connectivity index (χ3v) is 6.50. The third-order valence-electron chi connectivity index (χ3n) is 6.50. The molecule has 0 spiro atoms. The second-order valence-corrected chi connectivity index (χ2v) is 9.16. The molecule has 1 saturated heterocycles. The first-order chi connectivity index (χ1) is 17.9. The Morgan fingerprint density at radius 1 is 0.973 bits per heavy atom. The summed E-state index contributed by atoms with van der Waals surface area (Å²) < 4.78 is 0. The standard InChI is InChI=1S/C28H26N4O5/c33-23-9-5-11-31(23)16-20-13-19(12-18-6-2-1-3-7-18)14-22(15-20)26(34)25-27(35)24-21(8-4-10-29-24)17-32(25)30-28(36)37/h1-4,6-8,10,13-15,30,34H,5,9,11-12,16-17H2,(H,36,37). The SMILES string of the molecule is O=C(O)NN1Cc2cccnc2C(=O)C1=C(O)c1cc(Cc2ccccc2)cc(CN2CCCC2=O)c1. The quantitative estimate of drug-likeness (QED) is 0.348. The summed E-state index contributed by atoms with van der Waals surface area (Å²) >= 11 is 0. The number of allylic oxidation sites excluding steroid dienone is 1. The molecule has 0 unspecified atom stereocenters. The van der Waals surface area contributed by atoms with Crippen molar-refractivity contribution in [1.82, 2.24) is 20.3 Å². The van der Waals surface area contributed by atoms with E-state index in [2.05, 4.69) is 10.4 Å². The van der Waals surface area contributed by atoms with Crippen LogP contribution in [0.4, 0.5) is 4.79 Å². The average molecular weight is 499 g/mol. The molecule has 5 rings (SSSR count). The van der Waals surface area contributed by atoms with Gasteiger partial charge in [0, 0.05) is 36.8 Å². The molecular formula is C28H26N4O5. The second-order valence-electron chi connectivity index (χ2n) is 9.16. The van der Waals surface area contributed by atoms with E-state index in [4.69, 9.17) is 0 Å². The summed E-state index contributed by atoms with van der Waals surface area (Å²) in [5, 5.41) is 21.9. The molecule has 9 heteroatoms. The van der Waals surface area contributed by atoms with Gasteiger partial charge in [-0.1, -0.05) is 42.5 Å². The lowest BCUT2D eigenvalue weighted by atomic mass is 9.96. The van der Waals surface area contributed by atoms with Crippen LogP contribution in [0, 0.1) is 0 Å². The number of aromatic nitrogens is 1. The number of nitrogens with one attached hydrogen (secondary N) is 1. The number of pyridine rings is 1. The molecule has 9 nitrogen and oxygen atoms in total. The van der Waals surface area contributed by atoms with Crippen LogP contribution in [0.1, 0.15) is 51.1 Å². The van der Waals surface area contributed by atoms with E-state index in [1.807, 2.05) is 36.4 Å². The van der Waals surface area contributed by atoms with E-state index < -0.39 is 11.9 Å². The molecule has 3 N–H and O–H groups in total. The van der Waals surface area contributed by atoms with Crippen molar-refractivity contribution < 1.29 is 24.6 Å². The molecule has 37 heavy (non-hydrogen) atoms. The highest BCUT2D eigenvalue weighted by atomic mass is 16.4. The van der Waals surface area contributed by atoms with E-state index in [9.17, 15) is 24.6 Å². The number of nitrogens with zero attached hydrogens (tertiary/aromatic N) is 3. The maximum Gasteiger partial charge on any atom is 0.423 e. The Hall–Kier alpha value is -4.66. The number of rotatable bonds is 6. The predicted molar refractivity (Wildman–Crippen MR) is 135 cm³/mol. The number of amides is 2. The molecule has 1 fully saturated rings. The van der Waals surface area contributed by atoms with Crippen LogP contribution in [-0.2, 0) is 24.3 Å². The fraction of sp³-hybridized carbons (Fsp3) is 0.214. The molecule has 1 aromatic heterocycles. The van der Waals surface area contributed by atoms with Crippen molar-refractivity contribution >= 4 is 23.5 Å². The molecule has 2 aliphatic rings. The molecule has 0 saturated carbocycles. The highest BCUT2D eigenvalue weighted by Crippen LogP contribution is 2.30. The number of benzene rings is 2. The number of aliphatic hydroxyl groups is 1. The van der Waals surface area contributed by atoms with Crippen LogP contribution in [0.15, 0.2) is 72.6 Å². The number of ketones is 1. The van der Waals surface area contributed by atoms with Crippen LogP contribution in [0.25, 0.3) is 5.76 Å². The van der Waals surface area contributed by atoms with Gasteiger partial charge in [0.2, 0.25) is 11.7 Å². The molecule has 3 aromatic rings. The Bertz CT molecular complexity index is 1400. The van der Waals surface area contributed by atoms with Gasteiger partial charge in [0.15, 0.2) is 5.76 Å². The smallest absolute Gasteiger partial charge is 0.423 e. The number of Topliss-reactive ketones (excluding diaryl/α,β-unsaturated/α-hetero) is 1. The number of likely N-dealkylation sites (tertiary alicyclic amines) is 1. The van der Waals surface area contributed by atoms with Crippen LogP contribution in [0.2, 0.25) is 0 Å². The first kappa shape index (κ1) is 24.1. The van der Waals surface area contributed by atoms with Gasteiger partial charge in [0.05, 0.1) is 6.54 Å². The predicted octanol–water partition coefficient (Wildman–Crippen LogP) is 3.90. The molecule has 0 aliphatic carbocycles. The fourth-order valence-electron chi connectivity index (χ4n) is 4.85. The fourth-order valence-corrected chi connectivity index (χ4v) is 4.85. The lowest BCUT2D eigenvalue weighted by molar-refractivity contribution is -0.128. The first-order valence-electron chi connectivity index (χ1n) is 12.0. The first-order valence-corrected chi connectivity index (χ1v) is 12.0. The van der Waals surface area contributed by atoms with E-state index in [0.717, 1.165) is 28.1 Å². The van der Waals surface area contributed by atoms with Gasteiger partial charge >= 0.3 is 6.09 Å². The van der Waals surface area contributed by atoms with Crippen molar-refractivity contribution in [3.8, 4) is 0 Å². The Morgan fingerprint density at radius 2 is 1.76 bits per heavy atom. The largest absolute Gasteiger partial charge is 0.505 e. The van der Waals surface area contributed by atoms with Crippen LogP contribution in [0.5, 0.6) is 0 Å². The zero-order valence-electron chi connectivity index (χ0n) is 20.1. The van der Waals surface area contributed by atoms with Crippen molar-refractivity contribution in [1.29, 1.82) is 0 Å². The Balaban J connectivity index is 1.60. The van der Waals surface area contributed by atoms with E-state index in [1.54, 1.807) is 29.2 Å². The lowest BCUT2D eigenvalue weighted by Crippen LogP contribution is -2.46. The molecule has 2 aliphatic heterocycles. The number of carbonyl (C=O) groups is 3. The molecule has 188 valence electrons. The lowest BCUT2D eigenvalue weighted by Gasteiger charge is -2.31. The average Bonchev–Trinajstić information content (AvgIpc) is 3.28. The summed E-state index contributed by atoms with van der Waals surface area (Å²) in [5.41, 5.74) is 5.84. The minimum atomic E-state index is -1.36. The zero-order valence-corrected chi connectivity index (χ0v) is 20.1. The van der Waals surface area contributed by atoms with Crippen molar-refractivity contribution in [3.63, 3.8) is 0 Å². The molecule has 2 aromatic carbocycles. The van der Waals surface area contributed by atoms with Crippen molar-refractivity contribution in [2.45, 2.75) is 32.4 Å². The van der Waals surface area contributed by atoms with E-state index in [0.29, 0.717) is 37.1 Å². The van der Waals surface area contributed by atoms with Crippen LogP contribution >= 0.6 is 0 Å². The summed E-state index contributed by atoms with van der Waals surface area (Å²) in [4.78, 5) is 43.1. The maximum absolute atomic E-state index is 13.4. The summed E-state index contributed by atoms with van der Waals surface area (Å²) in [5.74, 6) is -0.864. The molecule has 2 amide bonds. The number of carboxylic acid groups (broad SMARTS) is 1. The molecule has 0 bridgehead atoms. The Labute approximate surface area is 213 Å². The van der Waals surface area contributed by atoms with Gasteiger partial charge in [0.25, 0.3) is 0 Å². The van der Waals surface area contributed by atoms with Crippen molar-refractivity contribution in [2.24, 2.45) is 0 Å². The summed E-state index contributed by atoms with van der Waals surface area (Å²) in [7, 11) is 0.